The van der Waals surface area contributed by atoms with Crippen molar-refractivity contribution in [1.29, 1.82) is 0 Å². The number of carbonyl (C=O) groups excluding carboxylic acids is 1. The molecule has 0 atom stereocenters. The molecule has 0 aliphatic heterocycles. The van der Waals surface area contributed by atoms with E-state index in [1.807, 2.05) is 34.9 Å². The van der Waals surface area contributed by atoms with Crippen LogP contribution in [0.1, 0.15) is 10.4 Å². The summed E-state index contributed by atoms with van der Waals surface area (Å²) < 4.78 is 20.6. The molecule has 3 aromatic rings. The number of nitrogens with zero attached hydrogens (tertiary/aromatic N) is 3. The van der Waals surface area contributed by atoms with Gasteiger partial charge in [0.25, 0.3) is 0 Å². The van der Waals surface area contributed by atoms with Crippen LogP contribution in [-0.2, 0) is 6.54 Å². The number of ketones is 1. The molecule has 5 nitrogen and oxygen atoms in total. The topological polar surface area (TPSA) is 57.0 Å². The number of methoxy groups -OCH3 is 1. The van der Waals surface area contributed by atoms with E-state index in [4.69, 9.17) is 4.74 Å². The second kappa shape index (κ2) is 8.64. The Morgan fingerprint density at radius 3 is 2.70 bits per heavy atom. The van der Waals surface area contributed by atoms with Crippen LogP contribution in [-0.4, -0.2) is 33.4 Å². The first-order chi connectivity index (χ1) is 13.1. The minimum Gasteiger partial charge on any atom is -0.494 e. The van der Waals surface area contributed by atoms with Gasteiger partial charge in [0.05, 0.1) is 12.9 Å². The van der Waals surface area contributed by atoms with E-state index in [0.29, 0.717) is 23.1 Å². The molecule has 0 spiro atoms. The molecule has 0 N–H and O–H groups in total. The van der Waals surface area contributed by atoms with Gasteiger partial charge >= 0.3 is 0 Å². The standard InChI is InChI=1S/C20H18FN3O2S/c1-3-11-24-19(14-7-5-4-6-8-14)22-23-20(24)27-13-17(25)15-9-10-18(26-2)16(21)12-15/h3-10,12H,1,11,13H2,2H3. The van der Waals surface area contributed by atoms with E-state index in [0.717, 1.165) is 5.56 Å². The summed E-state index contributed by atoms with van der Waals surface area (Å²) in [6.07, 6.45) is 1.75. The molecule has 1 heterocycles. The normalized spacial score (nSPS) is 10.6. The van der Waals surface area contributed by atoms with Crippen molar-refractivity contribution in [2.24, 2.45) is 0 Å². The lowest BCUT2D eigenvalue weighted by Crippen LogP contribution is -2.06. The molecule has 0 saturated heterocycles. The molecule has 27 heavy (non-hydrogen) atoms. The molecule has 0 bridgehead atoms. The van der Waals surface area contributed by atoms with E-state index >= 15 is 0 Å². The lowest BCUT2D eigenvalue weighted by molar-refractivity contribution is 0.102. The van der Waals surface area contributed by atoms with Gasteiger partial charge < -0.3 is 4.74 Å². The Hall–Kier alpha value is -2.93. The fourth-order valence-corrected chi connectivity index (χ4v) is 3.39. The zero-order valence-corrected chi connectivity index (χ0v) is 15.6. The molecule has 1 aromatic heterocycles. The summed E-state index contributed by atoms with van der Waals surface area (Å²) in [5.74, 6) is 0.180. The first-order valence-corrected chi connectivity index (χ1v) is 9.21. The Kier molecular flexibility index (Phi) is 6.03. The van der Waals surface area contributed by atoms with E-state index in [-0.39, 0.29) is 17.3 Å². The van der Waals surface area contributed by atoms with Gasteiger partial charge in [-0.3, -0.25) is 9.36 Å². The van der Waals surface area contributed by atoms with Gasteiger partial charge in [0.1, 0.15) is 0 Å². The molecule has 0 saturated carbocycles. The van der Waals surface area contributed by atoms with Crippen LogP contribution in [0, 0.1) is 5.82 Å². The number of benzene rings is 2. The Labute approximate surface area is 160 Å². The molecule has 2 aromatic carbocycles. The van der Waals surface area contributed by atoms with Crippen LogP contribution >= 0.6 is 11.8 Å². The molecule has 0 aliphatic carbocycles. The molecular formula is C20H18FN3O2S. The maximum absolute atomic E-state index is 13.8. The smallest absolute Gasteiger partial charge is 0.192 e. The van der Waals surface area contributed by atoms with Crippen LogP contribution < -0.4 is 4.74 Å². The number of ether oxygens (including phenoxy) is 1. The quantitative estimate of drug-likeness (QED) is 0.331. The number of hydrogen-bond donors (Lipinski definition) is 0. The predicted molar refractivity (Wildman–Crippen MR) is 104 cm³/mol. The van der Waals surface area contributed by atoms with Crippen LogP contribution in [0.15, 0.2) is 66.3 Å². The van der Waals surface area contributed by atoms with Crippen molar-refractivity contribution < 1.29 is 13.9 Å². The number of rotatable bonds is 8. The van der Waals surface area contributed by atoms with Crippen LogP contribution in [0.2, 0.25) is 0 Å². The molecule has 0 fully saturated rings. The number of aromatic nitrogens is 3. The highest BCUT2D eigenvalue weighted by atomic mass is 32.2. The van der Waals surface area contributed by atoms with E-state index in [1.54, 1.807) is 12.1 Å². The molecular weight excluding hydrogens is 365 g/mol. The molecule has 7 heteroatoms. The molecule has 0 unspecified atom stereocenters. The summed E-state index contributed by atoms with van der Waals surface area (Å²) in [7, 11) is 1.38. The van der Waals surface area contributed by atoms with Gasteiger partial charge in [-0.1, -0.05) is 48.2 Å². The van der Waals surface area contributed by atoms with Crippen molar-refractivity contribution in [2.75, 3.05) is 12.9 Å². The maximum atomic E-state index is 13.8. The largest absolute Gasteiger partial charge is 0.494 e. The minimum absolute atomic E-state index is 0.109. The summed E-state index contributed by atoms with van der Waals surface area (Å²) in [5.41, 5.74) is 1.22. The van der Waals surface area contributed by atoms with E-state index in [9.17, 15) is 9.18 Å². The SMILES string of the molecule is C=CCn1c(SCC(=O)c2ccc(OC)c(F)c2)nnc1-c1ccccc1. The maximum Gasteiger partial charge on any atom is 0.192 e. The van der Waals surface area contributed by atoms with Crippen molar-refractivity contribution >= 4 is 17.5 Å². The second-order valence-electron chi connectivity index (χ2n) is 5.63. The van der Waals surface area contributed by atoms with Gasteiger partial charge in [-0.2, -0.15) is 0 Å². The minimum atomic E-state index is -0.561. The summed E-state index contributed by atoms with van der Waals surface area (Å²) in [5, 5.41) is 9.06. The summed E-state index contributed by atoms with van der Waals surface area (Å²) in [4.78, 5) is 12.4. The highest BCUT2D eigenvalue weighted by Gasteiger charge is 2.16. The Morgan fingerprint density at radius 2 is 2.04 bits per heavy atom. The Bertz CT molecular complexity index is 957. The van der Waals surface area contributed by atoms with Gasteiger partial charge in [0.2, 0.25) is 0 Å². The number of thioether (sulfide) groups is 1. The average Bonchev–Trinajstić information content (AvgIpc) is 3.09. The number of carbonyl (C=O) groups is 1. The van der Waals surface area contributed by atoms with Crippen molar-refractivity contribution in [2.45, 2.75) is 11.7 Å². The lowest BCUT2D eigenvalue weighted by Gasteiger charge is -2.08. The van der Waals surface area contributed by atoms with Gasteiger partial charge in [-0.05, 0) is 18.2 Å². The van der Waals surface area contributed by atoms with Crippen LogP contribution in [0.25, 0.3) is 11.4 Å². The summed E-state index contributed by atoms with van der Waals surface area (Å²) in [6.45, 7) is 4.29. The van der Waals surface area contributed by atoms with Crippen LogP contribution in [0.3, 0.4) is 0 Å². The van der Waals surface area contributed by atoms with Crippen molar-refractivity contribution in [1.82, 2.24) is 14.8 Å². The number of hydrogen-bond acceptors (Lipinski definition) is 5. The van der Waals surface area contributed by atoms with Gasteiger partial charge in [0, 0.05) is 17.7 Å². The zero-order valence-electron chi connectivity index (χ0n) is 14.8. The van der Waals surface area contributed by atoms with Crippen molar-refractivity contribution in [3.8, 4) is 17.1 Å². The third kappa shape index (κ3) is 4.25. The van der Waals surface area contributed by atoms with E-state index in [1.165, 1.54) is 31.0 Å². The second-order valence-corrected chi connectivity index (χ2v) is 6.58. The number of allylic oxidation sites excluding steroid dienone is 1. The first-order valence-electron chi connectivity index (χ1n) is 8.23. The average molecular weight is 383 g/mol. The molecule has 0 amide bonds. The molecule has 3 rings (SSSR count). The van der Waals surface area contributed by atoms with Crippen LogP contribution in [0.5, 0.6) is 5.75 Å². The van der Waals surface area contributed by atoms with Crippen LogP contribution in [0.4, 0.5) is 4.39 Å². The highest BCUT2D eigenvalue weighted by molar-refractivity contribution is 7.99. The predicted octanol–water partition coefficient (Wildman–Crippen LogP) is 4.25. The first kappa shape index (κ1) is 18.8. The monoisotopic (exact) mass is 383 g/mol. The van der Waals surface area contributed by atoms with E-state index in [2.05, 4.69) is 16.8 Å². The fraction of sp³-hybridized carbons (Fsp3) is 0.150. The number of Topliss-reactive ketones (excluding diaryl/α,β-unsaturated/α-hetero) is 1. The van der Waals surface area contributed by atoms with Gasteiger partial charge in [0.15, 0.2) is 28.3 Å². The fourth-order valence-electron chi connectivity index (χ4n) is 2.54. The molecule has 138 valence electrons. The Balaban J connectivity index is 1.78. The number of halogens is 1. The summed E-state index contributed by atoms with van der Waals surface area (Å²) in [6, 6.07) is 13.9. The summed E-state index contributed by atoms with van der Waals surface area (Å²) >= 11 is 1.26. The highest BCUT2D eigenvalue weighted by Crippen LogP contribution is 2.25. The zero-order chi connectivity index (χ0) is 19.2. The Morgan fingerprint density at radius 1 is 1.26 bits per heavy atom. The molecule has 0 aliphatic rings. The van der Waals surface area contributed by atoms with Crippen molar-refractivity contribution in [3.63, 3.8) is 0 Å². The van der Waals surface area contributed by atoms with Crippen molar-refractivity contribution in [3.05, 3.63) is 72.6 Å². The lowest BCUT2D eigenvalue weighted by atomic mass is 10.1. The van der Waals surface area contributed by atoms with Gasteiger partial charge in [-0.25, -0.2) is 4.39 Å². The van der Waals surface area contributed by atoms with E-state index < -0.39 is 5.82 Å². The third-order valence-electron chi connectivity index (χ3n) is 3.87. The van der Waals surface area contributed by atoms with Gasteiger partial charge in [-0.15, -0.1) is 16.8 Å². The molecule has 0 radical (unpaired) electrons. The third-order valence-corrected chi connectivity index (χ3v) is 4.83.